The molecule has 0 amide bonds. The summed E-state index contributed by atoms with van der Waals surface area (Å²) in [6, 6.07) is 7.70. The number of aryl methyl sites for hydroxylation is 1. The van der Waals surface area contributed by atoms with Gasteiger partial charge >= 0.3 is 0 Å². The number of ether oxygens (including phenoxy) is 1. The molecule has 0 saturated heterocycles. The molecule has 1 unspecified atom stereocenters. The molecule has 1 heterocycles. The highest BCUT2D eigenvalue weighted by molar-refractivity contribution is 5.53. The number of aromatic nitrogens is 2. The van der Waals surface area contributed by atoms with Crippen molar-refractivity contribution in [2.24, 2.45) is 5.73 Å². The van der Waals surface area contributed by atoms with Crippen LogP contribution in [-0.2, 0) is 11.2 Å². The molecular weight excluding hydrogens is 254 g/mol. The van der Waals surface area contributed by atoms with E-state index in [4.69, 9.17) is 15.0 Å². The summed E-state index contributed by atoms with van der Waals surface area (Å²) in [7, 11) is 0. The fourth-order valence-electron chi connectivity index (χ4n) is 1.76. The first-order valence-electron chi connectivity index (χ1n) is 6.90. The monoisotopic (exact) mass is 275 g/mol. The van der Waals surface area contributed by atoms with E-state index < -0.39 is 0 Å². The SMILES string of the molecule is CCc1ccc(-c2nc(C(N)COC(C)C)no2)cc1. The Morgan fingerprint density at radius 2 is 1.95 bits per heavy atom. The van der Waals surface area contributed by atoms with Crippen LogP contribution in [0.4, 0.5) is 0 Å². The Morgan fingerprint density at radius 1 is 1.25 bits per heavy atom. The van der Waals surface area contributed by atoms with Crippen LogP contribution in [-0.4, -0.2) is 22.9 Å². The Bertz CT molecular complexity index is 534. The molecule has 1 aromatic carbocycles. The van der Waals surface area contributed by atoms with Gasteiger partial charge < -0.3 is 15.0 Å². The molecule has 0 fully saturated rings. The molecule has 2 N–H and O–H groups in total. The second-order valence-corrected chi connectivity index (χ2v) is 5.00. The first-order chi connectivity index (χ1) is 9.60. The van der Waals surface area contributed by atoms with Gasteiger partial charge in [-0.3, -0.25) is 0 Å². The quantitative estimate of drug-likeness (QED) is 0.877. The molecular formula is C15H21N3O2. The minimum Gasteiger partial charge on any atom is -0.377 e. The summed E-state index contributed by atoms with van der Waals surface area (Å²) in [4.78, 5) is 4.33. The van der Waals surface area contributed by atoms with Crippen molar-refractivity contribution in [2.75, 3.05) is 6.61 Å². The summed E-state index contributed by atoms with van der Waals surface area (Å²) in [6.45, 7) is 6.42. The summed E-state index contributed by atoms with van der Waals surface area (Å²) < 4.78 is 10.7. The summed E-state index contributed by atoms with van der Waals surface area (Å²) >= 11 is 0. The Morgan fingerprint density at radius 3 is 2.55 bits per heavy atom. The number of hydrogen-bond acceptors (Lipinski definition) is 5. The Labute approximate surface area is 119 Å². The zero-order valence-corrected chi connectivity index (χ0v) is 12.2. The molecule has 2 aromatic rings. The first-order valence-corrected chi connectivity index (χ1v) is 6.90. The molecule has 5 nitrogen and oxygen atoms in total. The molecule has 5 heteroatoms. The normalized spacial score (nSPS) is 12.8. The maximum absolute atomic E-state index is 5.97. The molecule has 0 aliphatic heterocycles. The van der Waals surface area contributed by atoms with Crippen LogP contribution in [0, 0.1) is 0 Å². The van der Waals surface area contributed by atoms with Gasteiger partial charge in [0.25, 0.3) is 5.89 Å². The van der Waals surface area contributed by atoms with Crippen molar-refractivity contribution < 1.29 is 9.26 Å². The van der Waals surface area contributed by atoms with Gasteiger partial charge in [0.05, 0.1) is 18.8 Å². The van der Waals surface area contributed by atoms with E-state index in [2.05, 4.69) is 29.2 Å². The van der Waals surface area contributed by atoms with Gasteiger partial charge in [0, 0.05) is 5.56 Å². The lowest BCUT2D eigenvalue weighted by atomic mass is 10.1. The smallest absolute Gasteiger partial charge is 0.257 e. The number of hydrogen-bond donors (Lipinski definition) is 1. The largest absolute Gasteiger partial charge is 0.377 e. The van der Waals surface area contributed by atoms with Crippen LogP contribution >= 0.6 is 0 Å². The van der Waals surface area contributed by atoms with Crippen LogP contribution in [0.5, 0.6) is 0 Å². The highest BCUT2D eigenvalue weighted by Gasteiger charge is 2.16. The van der Waals surface area contributed by atoms with E-state index in [1.54, 1.807) is 0 Å². The summed E-state index contributed by atoms with van der Waals surface area (Å²) in [5.74, 6) is 0.961. The average molecular weight is 275 g/mol. The van der Waals surface area contributed by atoms with Crippen molar-refractivity contribution in [1.82, 2.24) is 10.1 Å². The third-order valence-corrected chi connectivity index (χ3v) is 2.99. The van der Waals surface area contributed by atoms with E-state index in [0.717, 1.165) is 12.0 Å². The van der Waals surface area contributed by atoms with E-state index in [1.807, 2.05) is 26.0 Å². The van der Waals surface area contributed by atoms with Crippen LogP contribution in [0.15, 0.2) is 28.8 Å². The molecule has 0 aliphatic carbocycles. The van der Waals surface area contributed by atoms with Gasteiger partial charge in [-0.2, -0.15) is 4.98 Å². The molecule has 20 heavy (non-hydrogen) atoms. The van der Waals surface area contributed by atoms with Gasteiger partial charge in [-0.15, -0.1) is 0 Å². The van der Waals surface area contributed by atoms with Gasteiger partial charge in [0.2, 0.25) is 0 Å². The lowest BCUT2D eigenvalue weighted by Gasteiger charge is -2.10. The van der Waals surface area contributed by atoms with Crippen LogP contribution in [0.2, 0.25) is 0 Å². The van der Waals surface area contributed by atoms with E-state index >= 15 is 0 Å². The van der Waals surface area contributed by atoms with Gasteiger partial charge in [0.15, 0.2) is 5.82 Å². The third-order valence-electron chi connectivity index (χ3n) is 2.99. The zero-order chi connectivity index (χ0) is 14.5. The van der Waals surface area contributed by atoms with Crippen LogP contribution in [0.25, 0.3) is 11.5 Å². The molecule has 1 aromatic heterocycles. The summed E-state index contributed by atoms with van der Waals surface area (Å²) in [5.41, 5.74) is 8.14. The topological polar surface area (TPSA) is 74.2 Å². The van der Waals surface area contributed by atoms with Gasteiger partial charge in [0.1, 0.15) is 0 Å². The van der Waals surface area contributed by atoms with Crippen LogP contribution < -0.4 is 5.73 Å². The van der Waals surface area contributed by atoms with Crippen molar-refractivity contribution in [1.29, 1.82) is 0 Å². The molecule has 0 saturated carbocycles. The van der Waals surface area contributed by atoms with E-state index in [0.29, 0.717) is 18.3 Å². The zero-order valence-electron chi connectivity index (χ0n) is 12.2. The highest BCUT2D eigenvalue weighted by Crippen LogP contribution is 2.19. The number of benzene rings is 1. The van der Waals surface area contributed by atoms with Crippen molar-refractivity contribution in [2.45, 2.75) is 39.3 Å². The van der Waals surface area contributed by atoms with Crippen molar-refractivity contribution in [3.8, 4) is 11.5 Å². The number of nitrogens with two attached hydrogens (primary N) is 1. The average Bonchev–Trinajstić information content (AvgIpc) is 2.94. The standard InChI is InChI=1S/C15H21N3O2/c1-4-11-5-7-12(8-6-11)15-17-14(18-20-15)13(16)9-19-10(2)3/h5-8,10,13H,4,9,16H2,1-3H3. The second-order valence-electron chi connectivity index (χ2n) is 5.00. The minimum atomic E-state index is -0.371. The van der Waals surface area contributed by atoms with E-state index in [-0.39, 0.29) is 12.1 Å². The fraction of sp³-hybridized carbons (Fsp3) is 0.467. The Hall–Kier alpha value is -1.72. The molecule has 0 radical (unpaired) electrons. The highest BCUT2D eigenvalue weighted by atomic mass is 16.5. The lowest BCUT2D eigenvalue weighted by Crippen LogP contribution is -2.20. The Balaban J connectivity index is 2.07. The molecule has 0 bridgehead atoms. The maximum atomic E-state index is 5.97. The van der Waals surface area contributed by atoms with Crippen molar-refractivity contribution >= 4 is 0 Å². The van der Waals surface area contributed by atoms with Gasteiger partial charge in [-0.25, -0.2) is 0 Å². The predicted molar refractivity (Wildman–Crippen MR) is 77.1 cm³/mol. The van der Waals surface area contributed by atoms with Crippen LogP contribution in [0.3, 0.4) is 0 Å². The minimum absolute atomic E-state index is 0.133. The molecule has 1 atom stereocenters. The van der Waals surface area contributed by atoms with E-state index in [9.17, 15) is 0 Å². The molecule has 0 spiro atoms. The maximum Gasteiger partial charge on any atom is 0.257 e. The van der Waals surface area contributed by atoms with Crippen molar-refractivity contribution in [3.63, 3.8) is 0 Å². The summed E-state index contributed by atoms with van der Waals surface area (Å²) in [6.07, 6.45) is 1.14. The first kappa shape index (κ1) is 14.7. The second kappa shape index (κ2) is 6.63. The van der Waals surface area contributed by atoms with Gasteiger partial charge in [-0.05, 0) is 38.0 Å². The summed E-state index contributed by atoms with van der Waals surface area (Å²) in [5, 5.41) is 3.92. The Kier molecular flexibility index (Phi) is 4.87. The molecule has 2 rings (SSSR count). The predicted octanol–water partition coefficient (Wildman–Crippen LogP) is 2.72. The van der Waals surface area contributed by atoms with E-state index in [1.165, 1.54) is 5.56 Å². The fourth-order valence-corrected chi connectivity index (χ4v) is 1.76. The third kappa shape index (κ3) is 3.65. The van der Waals surface area contributed by atoms with Crippen molar-refractivity contribution in [3.05, 3.63) is 35.7 Å². The van der Waals surface area contributed by atoms with Gasteiger partial charge in [-0.1, -0.05) is 24.2 Å². The molecule has 108 valence electrons. The lowest BCUT2D eigenvalue weighted by molar-refractivity contribution is 0.0665. The van der Waals surface area contributed by atoms with Crippen LogP contribution in [0.1, 0.15) is 38.2 Å². The molecule has 0 aliphatic rings. The number of rotatable bonds is 6. The number of nitrogens with zero attached hydrogens (tertiary/aromatic N) is 2.